The summed E-state index contributed by atoms with van der Waals surface area (Å²) in [6.45, 7) is 10.1. The van der Waals surface area contributed by atoms with E-state index in [1.54, 1.807) is 41.5 Å². The lowest BCUT2D eigenvalue weighted by Crippen LogP contribution is -2.47. The second kappa shape index (κ2) is 9.90. The third kappa shape index (κ3) is 9.22. The molecule has 1 rings (SSSR count). The number of hydrogen-bond acceptors (Lipinski definition) is 8. The first-order valence-corrected chi connectivity index (χ1v) is 9.06. The monoisotopic (exact) mass is 424 g/mol. The second-order valence-electron chi connectivity index (χ2n) is 8.18. The van der Waals surface area contributed by atoms with Crippen molar-refractivity contribution >= 4 is 23.8 Å². The molecule has 0 aliphatic rings. The quantitative estimate of drug-likeness (QED) is 0.326. The molecule has 0 bridgehead atoms. The van der Waals surface area contributed by atoms with Crippen molar-refractivity contribution in [3.8, 4) is 5.75 Å². The van der Waals surface area contributed by atoms with Crippen molar-refractivity contribution in [1.82, 2.24) is 10.6 Å². The molecule has 0 heterocycles. The molecule has 0 aliphatic heterocycles. The number of nitrogens with one attached hydrogen (secondary N) is 2. The van der Waals surface area contributed by atoms with Gasteiger partial charge in [0.1, 0.15) is 11.2 Å². The van der Waals surface area contributed by atoms with Gasteiger partial charge in [-0.15, -0.1) is 0 Å². The van der Waals surface area contributed by atoms with Crippen molar-refractivity contribution in [3.63, 3.8) is 0 Å². The highest BCUT2D eigenvalue weighted by Gasteiger charge is 2.21. The Bertz CT molecular complexity index is 791. The summed E-state index contributed by atoms with van der Waals surface area (Å²) in [5, 5.41) is 15.7. The number of benzene rings is 1. The van der Waals surface area contributed by atoms with Gasteiger partial charge in [-0.2, -0.15) is 0 Å². The zero-order valence-electron chi connectivity index (χ0n) is 18.2. The third-order valence-corrected chi connectivity index (χ3v) is 3.10. The van der Waals surface area contributed by atoms with Crippen LogP contribution >= 0.6 is 0 Å². The van der Waals surface area contributed by atoms with Crippen LogP contribution in [0.2, 0.25) is 0 Å². The summed E-state index contributed by atoms with van der Waals surface area (Å²) in [4.78, 5) is 38.7. The van der Waals surface area contributed by atoms with E-state index in [1.165, 1.54) is 25.3 Å². The van der Waals surface area contributed by atoms with Gasteiger partial charge in [0, 0.05) is 6.07 Å². The molecule has 2 amide bonds. The van der Waals surface area contributed by atoms with Crippen LogP contribution in [0.15, 0.2) is 23.2 Å². The van der Waals surface area contributed by atoms with Crippen molar-refractivity contribution < 1.29 is 28.7 Å². The lowest BCUT2D eigenvalue weighted by atomic mass is 10.2. The molecular weight excluding hydrogens is 396 g/mol. The van der Waals surface area contributed by atoms with Gasteiger partial charge in [0.05, 0.1) is 18.6 Å². The molecule has 0 aromatic heterocycles. The average molecular weight is 424 g/mol. The van der Waals surface area contributed by atoms with E-state index in [4.69, 9.17) is 14.2 Å². The van der Waals surface area contributed by atoms with Crippen molar-refractivity contribution in [2.45, 2.75) is 59.3 Å². The molecule has 0 fully saturated rings. The van der Waals surface area contributed by atoms with Crippen LogP contribution in [-0.2, 0) is 16.0 Å². The fraction of sp³-hybridized carbons (Fsp3) is 0.526. The van der Waals surface area contributed by atoms with Crippen LogP contribution in [0.1, 0.15) is 47.1 Å². The number of nitro groups is 1. The maximum absolute atomic E-state index is 12.1. The topological polar surface area (TPSA) is 141 Å². The fourth-order valence-corrected chi connectivity index (χ4v) is 2.05. The van der Waals surface area contributed by atoms with Crippen LogP contribution in [0.5, 0.6) is 5.75 Å². The van der Waals surface area contributed by atoms with Crippen LogP contribution in [0, 0.1) is 10.1 Å². The zero-order valence-corrected chi connectivity index (χ0v) is 18.2. The van der Waals surface area contributed by atoms with Gasteiger partial charge in [-0.05, 0) is 53.2 Å². The largest absolute Gasteiger partial charge is 0.490 e. The molecule has 0 spiro atoms. The maximum atomic E-state index is 12.1. The summed E-state index contributed by atoms with van der Waals surface area (Å²) in [5.41, 5.74) is -1.16. The highest BCUT2D eigenvalue weighted by atomic mass is 16.6. The van der Waals surface area contributed by atoms with Gasteiger partial charge in [0.25, 0.3) is 0 Å². The fourth-order valence-electron chi connectivity index (χ4n) is 2.05. The van der Waals surface area contributed by atoms with E-state index in [9.17, 15) is 19.7 Å². The van der Waals surface area contributed by atoms with E-state index in [2.05, 4.69) is 15.6 Å². The predicted molar refractivity (Wildman–Crippen MR) is 110 cm³/mol. The number of nitro benzene ring substituents is 1. The van der Waals surface area contributed by atoms with Crippen molar-refractivity contribution in [2.75, 3.05) is 7.11 Å². The highest BCUT2D eigenvalue weighted by Crippen LogP contribution is 2.27. The molecular formula is C19H28N4O7. The summed E-state index contributed by atoms with van der Waals surface area (Å²) in [7, 11) is 1.31. The first-order chi connectivity index (χ1) is 13.7. The third-order valence-electron chi connectivity index (χ3n) is 3.10. The van der Waals surface area contributed by atoms with Gasteiger partial charge in [0.2, 0.25) is 5.96 Å². The maximum Gasteiger partial charge on any atom is 0.414 e. The molecule has 2 N–H and O–H groups in total. The number of ether oxygens (including phenoxy) is 3. The summed E-state index contributed by atoms with van der Waals surface area (Å²) >= 11 is 0. The van der Waals surface area contributed by atoms with E-state index < -0.39 is 28.3 Å². The molecule has 1 aromatic rings. The Morgan fingerprint density at radius 2 is 1.53 bits per heavy atom. The molecule has 0 saturated heterocycles. The van der Waals surface area contributed by atoms with E-state index in [0.29, 0.717) is 5.56 Å². The molecule has 30 heavy (non-hydrogen) atoms. The summed E-state index contributed by atoms with van der Waals surface area (Å²) < 4.78 is 15.4. The molecule has 1 aromatic carbocycles. The Morgan fingerprint density at radius 1 is 1.03 bits per heavy atom. The summed E-state index contributed by atoms with van der Waals surface area (Å²) in [6, 6.07) is 4.22. The SMILES string of the molecule is COc1cc(CN=C(NC(=O)OC(C)(C)C)NC(=O)OC(C)(C)C)ccc1[N+](=O)[O-]. The lowest BCUT2D eigenvalue weighted by Gasteiger charge is -2.22. The molecule has 0 atom stereocenters. The number of aliphatic imine (C=N–C) groups is 1. The first-order valence-electron chi connectivity index (χ1n) is 9.06. The Labute approximate surface area is 174 Å². The van der Waals surface area contributed by atoms with Crippen LogP contribution in [0.3, 0.4) is 0 Å². The number of alkyl carbamates (subject to hydrolysis) is 2. The summed E-state index contributed by atoms with van der Waals surface area (Å²) in [5.74, 6) is -0.134. The van der Waals surface area contributed by atoms with Gasteiger partial charge >= 0.3 is 17.9 Å². The number of hydrogen-bond donors (Lipinski definition) is 2. The number of rotatable bonds is 4. The van der Waals surface area contributed by atoms with E-state index in [0.717, 1.165) is 0 Å². The normalized spacial score (nSPS) is 11.2. The molecule has 0 unspecified atom stereocenters. The van der Waals surface area contributed by atoms with Crippen LogP contribution in [0.4, 0.5) is 15.3 Å². The van der Waals surface area contributed by atoms with Gasteiger partial charge < -0.3 is 14.2 Å². The first kappa shape index (κ1) is 24.7. The molecule has 11 nitrogen and oxygen atoms in total. The molecule has 0 radical (unpaired) electrons. The van der Waals surface area contributed by atoms with Crippen molar-refractivity contribution in [2.24, 2.45) is 4.99 Å². The molecule has 0 aliphatic carbocycles. The minimum atomic E-state index is -0.821. The predicted octanol–water partition coefficient (Wildman–Crippen LogP) is 3.51. The number of nitrogens with zero attached hydrogens (tertiary/aromatic N) is 2. The van der Waals surface area contributed by atoms with E-state index in [1.807, 2.05) is 0 Å². The molecule has 0 saturated carbocycles. The second-order valence-corrected chi connectivity index (χ2v) is 8.18. The Morgan fingerprint density at radius 3 is 1.93 bits per heavy atom. The smallest absolute Gasteiger partial charge is 0.414 e. The molecule has 166 valence electrons. The highest BCUT2D eigenvalue weighted by molar-refractivity contribution is 6.01. The molecule has 11 heteroatoms. The zero-order chi connectivity index (χ0) is 23.1. The average Bonchev–Trinajstić information content (AvgIpc) is 2.55. The minimum Gasteiger partial charge on any atom is -0.490 e. The standard InChI is InChI=1S/C19H28N4O7/c1-18(2,3)29-16(24)21-15(22-17(25)30-19(4,5)6)20-11-12-8-9-13(23(26)27)14(10-12)28-7/h8-10H,11H2,1-7H3,(H2,20,21,22,24,25). The van der Waals surface area contributed by atoms with Crippen LogP contribution in [0.25, 0.3) is 0 Å². The lowest BCUT2D eigenvalue weighted by molar-refractivity contribution is -0.385. The number of carbonyl (C=O) groups is 2. The Hall–Kier alpha value is -3.37. The van der Waals surface area contributed by atoms with Gasteiger partial charge in [-0.25, -0.2) is 14.6 Å². The van der Waals surface area contributed by atoms with Crippen LogP contribution in [-0.4, -0.2) is 41.4 Å². The van der Waals surface area contributed by atoms with E-state index in [-0.39, 0.29) is 23.9 Å². The van der Waals surface area contributed by atoms with E-state index >= 15 is 0 Å². The number of methoxy groups -OCH3 is 1. The minimum absolute atomic E-state index is 0.0186. The number of carbonyl (C=O) groups excluding carboxylic acids is 2. The van der Waals surface area contributed by atoms with Gasteiger partial charge in [0.15, 0.2) is 5.75 Å². The number of amides is 2. The van der Waals surface area contributed by atoms with Crippen molar-refractivity contribution in [1.29, 1.82) is 0 Å². The van der Waals surface area contributed by atoms with Gasteiger partial charge in [-0.1, -0.05) is 6.07 Å². The van der Waals surface area contributed by atoms with Gasteiger partial charge in [-0.3, -0.25) is 20.7 Å². The summed E-state index contributed by atoms with van der Waals surface area (Å²) in [6.07, 6.45) is -1.64. The number of guanidine groups is 1. The Balaban J connectivity index is 3.05. The van der Waals surface area contributed by atoms with Crippen molar-refractivity contribution in [3.05, 3.63) is 33.9 Å². The van der Waals surface area contributed by atoms with Crippen LogP contribution < -0.4 is 15.4 Å². The Kier molecular flexibility index (Phi) is 8.14.